The molecule has 3 N–H and O–H groups in total. The number of rotatable bonds is 8. The van der Waals surface area contributed by atoms with E-state index < -0.39 is 5.91 Å². The molecule has 128 valence electrons. The summed E-state index contributed by atoms with van der Waals surface area (Å²) < 4.78 is 5.66. The van der Waals surface area contributed by atoms with Crippen LogP contribution in [0.5, 0.6) is 11.6 Å². The Kier molecular flexibility index (Phi) is 5.77. The fraction of sp³-hybridized carbons (Fsp3) is 0.158. The van der Waals surface area contributed by atoms with Crippen LogP contribution in [0.3, 0.4) is 0 Å². The van der Waals surface area contributed by atoms with E-state index in [0.717, 1.165) is 25.1 Å². The molecule has 0 aliphatic heterocycles. The predicted octanol–water partition coefficient (Wildman–Crippen LogP) is 3.37. The summed E-state index contributed by atoms with van der Waals surface area (Å²) in [6, 6.07) is 14.7. The minimum atomic E-state index is -0.458. The number of hydrogen-bond acceptors (Lipinski definition) is 5. The number of amides is 1. The lowest BCUT2D eigenvalue weighted by molar-refractivity contribution is 0.100. The van der Waals surface area contributed by atoms with Gasteiger partial charge in [0.15, 0.2) is 0 Å². The van der Waals surface area contributed by atoms with E-state index in [2.05, 4.69) is 27.8 Å². The first kappa shape index (κ1) is 17.1. The average Bonchev–Trinajstić information content (AvgIpc) is 3.14. The van der Waals surface area contributed by atoms with Crippen molar-refractivity contribution in [2.75, 3.05) is 6.54 Å². The van der Waals surface area contributed by atoms with E-state index in [9.17, 15) is 4.79 Å². The number of ether oxygens (including phenoxy) is 1. The van der Waals surface area contributed by atoms with Gasteiger partial charge in [-0.25, -0.2) is 4.98 Å². The molecular formula is C19H19N3O2S. The van der Waals surface area contributed by atoms with Gasteiger partial charge in [0.2, 0.25) is 11.8 Å². The molecule has 6 heteroatoms. The molecule has 0 atom stereocenters. The highest BCUT2D eigenvalue weighted by Gasteiger charge is 2.03. The van der Waals surface area contributed by atoms with Crippen molar-refractivity contribution in [1.29, 1.82) is 0 Å². The van der Waals surface area contributed by atoms with E-state index in [1.165, 1.54) is 4.88 Å². The van der Waals surface area contributed by atoms with Crippen LogP contribution in [0.2, 0.25) is 0 Å². The lowest BCUT2D eigenvalue weighted by Gasteiger charge is -2.07. The average molecular weight is 353 g/mol. The van der Waals surface area contributed by atoms with Crippen LogP contribution in [-0.4, -0.2) is 17.4 Å². The van der Waals surface area contributed by atoms with Crippen LogP contribution in [0.25, 0.3) is 0 Å². The number of thiophene rings is 1. The molecule has 0 fully saturated rings. The van der Waals surface area contributed by atoms with Crippen molar-refractivity contribution in [2.24, 2.45) is 5.73 Å². The standard InChI is InChI=1S/C19H19N3O2S/c20-19(23)15-4-6-16(7-5-15)24-18-8-3-14(13-22-18)12-21-10-9-17-2-1-11-25-17/h1-8,11,13,21H,9-10,12H2,(H2,20,23). The van der Waals surface area contributed by atoms with Gasteiger partial charge in [0.05, 0.1) is 0 Å². The molecule has 0 bridgehead atoms. The summed E-state index contributed by atoms with van der Waals surface area (Å²) in [6.45, 7) is 1.71. The second-order valence-corrected chi connectivity index (χ2v) is 6.53. The summed E-state index contributed by atoms with van der Waals surface area (Å²) in [6.07, 6.45) is 2.83. The Hall–Kier alpha value is -2.70. The third kappa shape index (κ3) is 5.14. The molecule has 2 aromatic heterocycles. The van der Waals surface area contributed by atoms with Crippen molar-refractivity contribution in [3.8, 4) is 11.6 Å². The van der Waals surface area contributed by atoms with Gasteiger partial charge in [0, 0.05) is 35.8 Å². The topological polar surface area (TPSA) is 77.2 Å². The van der Waals surface area contributed by atoms with Gasteiger partial charge in [0.1, 0.15) is 5.75 Å². The van der Waals surface area contributed by atoms with Crippen molar-refractivity contribution in [3.63, 3.8) is 0 Å². The van der Waals surface area contributed by atoms with Crippen LogP contribution < -0.4 is 15.8 Å². The molecule has 0 radical (unpaired) electrons. The molecule has 0 aliphatic carbocycles. The monoisotopic (exact) mass is 353 g/mol. The van der Waals surface area contributed by atoms with E-state index in [-0.39, 0.29) is 0 Å². The maximum atomic E-state index is 11.0. The predicted molar refractivity (Wildman–Crippen MR) is 99.0 cm³/mol. The largest absolute Gasteiger partial charge is 0.439 e. The molecule has 0 spiro atoms. The second-order valence-electron chi connectivity index (χ2n) is 5.50. The fourth-order valence-corrected chi connectivity index (χ4v) is 2.99. The molecule has 1 aromatic carbocycles. The van der Waals surface area contributed by atoms with Crippen molar-refractivity contribution in [3.05, 3.63) is 76.1 Å². The summed E-state index contributed by atoms with van der Waals surface area (Å²) in [4.78, 5) is 16.7. The van der Waals surface area contributed by atoms with Crippen molar-refractivity contribution in [2.45, 2.75) is 13.0 Å². The van der Waals surface area contributed by atoms with E-state index in [1.807, 2.05) is 12.1 Å². The number of nitrogens with two attached hydrogens (primary N) is 1. The number of benzene rings is 1. The third-order valence-electron chi connectivity index (χ3n) is 3.62. The minimum Gasteiger partial charge on any atom is -0.439 e. The number of hydrogen-bond donors (Lipinski definition) is 2. The van der Waals surface area contributed by atoms with Crippen LogP contribution in [0.1, 0.15) is 20.8 Å². The van der Waals surface area contributed by atoms with Crippen LogP contribution >= 0.6 is 11.3 Å². The molecule has 5 nitrogen and oxygen atoms in total. The Morgan fingerprint density at radius 2 is 2.00 bits per heavy atom. The Balaban J connectivity index is 1.47. The van der Waals surface area contributed by atoms with Crippen LogP contribution in [0.4, 0.5) is 0 Å². The second kappa shape index (κ2) is 8.41. The molecule has 0 saturated heterocycles. The Labute approximate surface area is 150 Å². The van der Waals surface area contributed by atoms with E-state index in [1.54, 1.807) is 41.8 Å². The van der Waals surface area contributed by atoms with Gasteiger partial charge in [-0.3, -0.25) is 4.79 Å². The molecule has 0 unspecified atom stereocenters. The lowest BCUT2D eigenvalue weighted by Crippen LogP contribution is -2.16. The summed E-state index contributed by atoms with van der Waals surface area (Å²) in [5.74, 6) is 0.661. The molecule has 0 saturated carbocycles. The zero-order chi connectivity index (χ0) is 17.5. The first-order chi connectivity index (χ1) is 12.2. The highest BCUT2D eigenvalue weighted by atomic mass is 32.1. The molecular weight excluding hydrogens is 334 g/mol. The molecule has 0 aliphatic rings. The number of nitrogens with zero attached hydrogens (tertiary/aromatic N) is 1. The molecule has 2 heterocycles. The molecule has 3 rings (SSSR count). The van der Waals surface area contributed by atoms with Gasteiger partial charge < -0.3 is 15.8 Å². The molecule has 25 heavy (non-hydrogen) atoms. The van der Waals surface area contributed by atoms with Crippen LogP contribution in [0, 0.1) is 0 Å². The Bertz CT molecular complexity index is 800. The quantitative estimate of drug-likeness (QED) is 0.609. The number of pyridine rings is 1. The fourth-order valence-electron chi connectivity index (χ4n) is 2.28. The van der Waals surface area contributed by atoms with Gasteiger partial charge >= 0.3 is 0 Å². The maximum absolute atomic E-state index is 11.0. The Morgan fingerprint density at radius 1 is 1.16 bits per heavy atom. The normalized spacial score (nSPS) is 10.6. The van der Waals surface area contributed by atoms with Gasteiger partial charge in [-0.1, -0.05) is 12.1 Å². The number of primary amides is 1. The van der Waals surface area contributed by atoms with Gasteiger partial charge in [-0.15, -0.1) is 11.3 Å². The van der Waals surface area contributed by atoms with Gasteiger partial charge in [0.25, 0.3) is 0 Å². The SMILES string of the molecule is NC(=O)c1ccc(Oc2ccc(CNCCc3cccs3)cn2)cc1. The van der Waals surface area contributed by atoms with Crippen molar-refractivity contribution in [1.82, 2.24) is 10.3 Å². The minimum absolute atomic E-state index is 0.448. The number of carbonyl (C=O) groups excluding carboxylic acids is 1. The first-order valence-electron chi connectivity index (χ1n) is 7.96. The summed E-state index contributed by atoms with van der Waals surface area (Å²) in [7, 11) is 0. The summed E-state index contributed by atoms with van der Waals surface area (Å²) in [5.41, 5.74) is 6.76. The van der Waals surface area contributed by atoms with Crippen LogP contribution in [0.15, 0.2) is 60.1 Å². The van der Waals surface area contributed by atoms with Gasteiger partial charge in [-0.05, 0) is 47.7 Å². The van der Waals surface area contributed by atoms with E-state index in [4.69, 9.17) is 10.5 Å². The van der Waals surface area contributed by atoms with Crippen LogP contribution in [-0.2, 0) is 13.0 Å². The third-order valence-corrected chi connectivity index (χ3v) is 4.55. The highest BCUT2D eigenvalue weighted by molar-refractivity contribution is 7.09. The maximum Gasteiger partial charge on any atom is 0.248 e. The lowest BCUT2D eigenvalue weighted by atomic mass is 10.2. The van der Waals surface area contributed by atoms with Gasteiger partial charge in [-0.2, -0.15) is 0 Å². The van der Waals surface area contributed by atoms with E-state index in [0.29, 0.717) is 17.2 Å². The van der Waals surface area contributed by atoms with Crippen molar-refractivity contribution < 1.29 is 9.53 Å². The van der Waals surface area contributed by atoms with E-state index >= 15 is 0 Å². The zero-order valence-corrected chi connectivity index (χ0v) is 14.5. The molecule has 3 aromatic rings. The number of carbonyl (C=O) groups is 1. The Morgan fingerprint density at radius 3 is 2.64 bits per heavy atom. The highest BCUT2D eigenvalue weighted by Crippen LogP contribution is 2.19. The zero-order valence-electron chi connectivity index (χ0n) is 13.6. The van der Waals surface area contributed by atoms with Crippen molar-refractivity contribution >= 4 is 17.2 Å². The summed E-state index contributed by atoms with van der Waals surface area (Å²) >= 11 is 1.78. The summed E-state index contributed by atoms with van der Waals surface area (Å²) in [5, 5.41) is 5.50. The number of aromatic nitrogens is 1. The smallest absolute Gasteiger partial charge is 0.248 e. The first-order valence-corrected chi connectivity index (χ1v) is 8.84. The number of nitrogens with one attached hydrogen (secondary N) is 1. The molecule has 1 amide bonds.